The van der Waals surface area contributed by atoms with Gasteiger partial charge in [-0.25, -0.2) is 4.98 Å². The van der Waals surface area contributed by atoms with Crippen LogP contribution in [0.15, 0.2) is 23.4 Å². The molecule has 0 aliphatic carbocycles. The molecule has 0 spiro atoms. The van der Waals surface area contributed by atoms with Gasteiger partial charge in [0.05, 0.1) is 24.2 Å². The van der Waals surface area contributed by atoms with Gasteiger partial charge in [-0.05, 0) is 19.1 Å². The number of imidazole rings is 1. The zero-order valence-corrected chi connectivity index (χ0v) is 9.88. The summed E-state index contributed by atoms with van der Waals surface area (Å²) in [5, 5.41) is 9.57. The van der Waals surface area contributed by atoms with E-state index in [1.165, 1.54) is 11.8 Å². The molecule has 0 unspecified atom stereocenters. The molecule has 0 aliphatic heterocycles. The molecule has 2 N–H and O–H groups in total. The third-order valence-electron chi connectivity index (χ3n) is 2.07. The van der Waals surface area contributed by atoms with E-state index < -0.39 is 0 Å². The van der Waals surface area contributed by atoms with Crippen LogP contribution in [-0.2, 0) is 0 Å². The van der Waals surface area contributed by atoms with E-state index >= 15 is 0 Å². The summed E-state index contributed by atoms with van der Waals surface area (Å²) in [5.74, 6) is 1.50. The number of rotatable bonds is 5. The van der Waals surface area contributed by atoms with Crippen molar-refractivity contribution in [3.05, 3.63) is 18.2 Å². The number of aromatic amines is 1. The average molecular weight is 238 g/mol. The maximum absolute atomic E-state index is 8.73. The van der Waals surface area contributed by atoms with E-state index in [0.29, 0.717) is 12.4 Å². The molecule has 86 valence electrons. The fraction of sp³-hybridized carbons (Fsp3) is 0.364. The Morgan fingerprint density at radius 2 is 2.38 bits per heavy atom. The van der Waals surface area contributed by atoms with Crippen molar-refractivity contribution in [3.8, 4) is 5.75 Å². The van der Waals surface area contributed by atoms with Crippen LogP contribution in [0.25, 0.3) is 11.0 Å². The first-order valence-electron chi connectivity index (χ1n) is 5.19. The Morgan fingerprint density at radius 1 is 1.50 bits per heavy atom. The van der Waals surface area contributed by atoms with E-state index in [1.54, 1.807) is 0 Å². The number of aliphatic hydroxyl groups excluding tert-OH is 1. The van der Waals surface area contributed by atoms with Crippen LogP contribution in [0.5, 0.6) is 5.75 Å². The molecule has 0 amide bonds. The number of hydrogen-bond acceptors (Lipinski definition) is 4. The van der Waals surface area contributed by atoms with Crippen LogP contribution in [0, 0.1) is 0 Å². The first-order chi connectivity index (χ1) is 7.83. The lowest BCUT2D eigenvalue weighted by molar-refractivity contribution is 0.322. The summed E-state index contributed by atoms with van der Waals surface area (Å²) in [6.45, 7) is 2.78. The minimum Gasteiger partial charge on any atom is -0.494 e. The van der Waals surface area contributed by atoms with Gasteiger partial charge < -0.3 is 14.8 Å². The van der Waals surface area contributed by atoms with Gasteiger partial charge in [0.2, 0.25) is 0 Å². The van der Waals surface area contributed by atoms with E-state index in [2.05, 4.69) is 9.97 Å². The van der Waals surface area contributed by atoms with Crippen LogP contribution in [0.3, 0.4) is 0 Å². The average Bonchev–Trinajstić information content (AvgIpc) is 2.68. The highest BCUT2D eigenvalue weighted by Crippen LogP contribution is 2.22. The lowest BCUT2D eigenvalue weighted by Gasteiger charge is -2.00. The van der Waals surface area contributed by atoms with Crippen molar-refractivity contribution < 1.29 is 9.84 Å². The Kier molecular flexibility index (Phi) is 3.69. The zero-order valence-electron chi connectivity index (χ0n) is 9.06. The van der Waals surface area contributed by atoms with Crippen LogP contribution in [0.1, 0.15) is 6.92 Å². The Labute approximate surface area is 98.0 Å². The largest absolute Gasteiger partial charge is 0.494 e. The maximum Gasteiger partial charge on any atom is 0.166 e. The Morgan fingerprint density at radius 3 is 3.12 bits per heavy atom. The number of fused-ring (bicyclic) bond motifs is 1. The summed E-state index contributed by atoms with van der Waals surface area (Å²) < 4.78 is 5.41. The van der Waals surface area contributed by atoms with E-state index in [9.17, 15) is 0 Å². The van der Waals surface area contributed by atoms with Gasteiger partial charge in [0, 0.05) is 11.8 Å². The minimum atomic E-state index is 0.159. The summed E-state index contributed by atoms with van der Waals surface area (Å²) in [6, 6.07) is 5.78. The summed E-state index contributed by atoms with van der Waals surface area (Å²) in [5.41, 5.74) is 1.88. The first-order valence-corrected chi connectivity index (χ1v) is 6.18. The smallest absolute Gasteiger partial charge is 0.166 e. The van der Waals surface area contributed by atoms with Crippen LogP contribution in [-0.4, -0.2) is 34.0 Å². The number of aliphatic hydroxyl groups is 1. The first kappa shape index (κ1) is 11.3. The van der Waals surface area contributed by atoms with Gasteiger partial charge in [-0.1, -0.05) is 11.8 Å². The molecule has 16 heavy (non-hydrogen) atoms. The van der Waals surface area contributed by atoms with Crippen molar-refractivity contribution in [2.24, 2.45) is 0 Å². The van der Waals surface area contributed by atoms with E-state index in [1.807, 2.05) is 25.1 Å². The SMILES string of the molecule is CCOc1ccc2nc(SCCO)[nH]c2c1. The predicted octanol–water partition coefficient (Wildman–Crippen LogP) is 2.05. The molecule has 0 saturated carbocycles. The highest BCUT2D eigenvalue weighted by Gasteiger charge is 2.04. The molecule has 0 aliphatic rings. The molecular weight excluding hydrogens is 224 g/mol. The maximum atomic E-state index is 8.73. The third kappa shape index (κ3) is 2.48. The second-order valence-corrected chi connectivity index (χ2v) is 4.31. The number of nitrogens with one attached hydrogen (secondary N) is 1. The fourth-order valence-corrected chi connectivity index (χ4v) is 2.06. The highest BCUT2D eigenvalue weighted by molar-refractivity contribution is 7.99. The molecular formula is C11H14N2O2S. The number of hydrogen-bond donors (Lipinski definition) is 2. The van der Waals surface area contributed by atoms with Gasteiger partial charge in [0.1, 0.15) is 5.75 Å². The Bertz CT molecular complexity index is 470. The number of aromatic nitrogens is 2. The predicted molar refractivity (Wildman–Crippen MR) is 65.1 cm³/mol. The second-order valence-electron chi connectivity index (χ2n) is 3.23. The van der Waals surface area contributed by atoms with Crippen molar-refractivity contribution in [3.63, 3.8) is 0 Å². The third-order valence-corrected chi connectivity index (χ3v) is 2.93. The van der Waals surface area contributed by atoms with Gasteiger partial charge in [-0.3, -0.25) is 0 Å². The second kappa shape index (κ2) is 5.23. The van der Waals surface area contributed by atoms with Crippen LogP contribution in [0.2, 0.25) is 0 Å². The van der Waals surface area contributed by atoms with Crippen molar-refractivity contribution in [2.75, 3.05) is 19.0 Å². The number of H-pyrrole nitrogens is 1. The van der Waals surface area contributed by atoms with Gasteiger partial charge in [0.15, 0.2) is 5.16 Å². The van der Waals surface area contributed by atoms with Crippen molar-refractivity contribution in [1.29, 1.82) is 0 Å². The van der Waals surface area contributed by atoms with Crippen molar-refractivity contribution >= 4 is 22.8 Å². The number of benzene rings is 1. The van der Waals surface area contributed by atoms with E-state index in [0.717, 1.165) is 21.9 Å². The molecule has 5 heteroatoms. The van der Waals surface area contributed by atoms with E-state index in [4.69, 9.17) is 9.84 Å². The fourth-order valence-electron chi connectivity index (χ4n) is 1.43. The highest BCUT2D eigenvalue weighted by atomic mass is 32.2. The van der Waals surface area contributed by atoms with Crippen LogP contribution < -0.4 is 4.74 Å². The number of thioether (sulfide) groups is 1. The summed E-state index contributed by atoms with van der Waals surface area (Å²) in [6.07, 6.45) is 0. The summed E-state index contributed by atoms with van der Waals surface area (Å²) in [7, 11) is 0. The lowest BCUT2D eigenvalue weighted by Crippen LogP contribution is -1.90. The zero-order chi connectivity index (χ0) is 11.4. The summed E-state index contributed by atoms with van der Waals surface area (Å²) in [4.78, 5) is 7.58. The Hall–Kier alpha value is -1.20. The molecule has 4 nitrogen and oxygen atoms in total. The quantitative estimate of drug-likeness (QED) is 0.783. The number of ether oxygens (including phenoxy) is 1. The standard InChI is InChI=1S/C11H14N2O2S/c1-2-15-8-3-4-9-10(7-8)13-11(12-9)16-6-5-14/h3-4,7,14H,2,5-6H2,1H3,(H,12,13). The molecule has 0 saturated heterocycles. The number of nitrogens with zero attached hydrogens (tertiary/aromatic N) is 1. The van der Waals surface area contributed by atoms with Gasteiger partial charge in [-0.2, -0.15) is 0 Å². The molecule has 2 aromatic rings. The monoisotopic (exact) mass is 238 g/mol. The topological polar surface area (TPSA) is 58.1 Å². The minimum absolute atomic E-state index is 0.159. The lowest BCUT2D eigenvalue weighted by atomic mass is 10.3. The molecule has 2 rings (SSSR count). The van der Waals surface area contributed by atoms with Crippen molar-refractivity contribution in [1.82, 2.24) is 9.97 Å². The summed E-state index contributed by atoms with van der Waals surface area (Å²) >= 11 is 1.51. The van der Waals surface area contributed by atoms with E-state index in [-0.39, 0.29) is 6.61 Å². The molecule has 0 bridgehead atoms. The van der Waals surface area contributed by atoms with Crippen LogP contribution >= 0.6 is 11.8 Å². The molecule has 1 heterocycles. The molecule has 0 radical (unpaired) electrons. The van der Waals surface area contributed by atoms with Gasteiger partial charge >= 0.3 is 0 Å². The normalized spacial score (nSPS) is 10.9. The molecule has 0 atom stereocenters. The van der Waals surface area contributed by atoms with Gasteiger partial charge in [-0.15, -0.1) is 0 Å². The van der Waals surface area contributed by atoms with Crippen molar-refractivity contribution in [2.45, 2.75) is 12.1 Å². The Balaban J connectivity index is 2.23. The molecule has 0 fully saturated rings. The van der Waals surface area contributed by atoms with Crippen LogP contribution in [0.4, 0.5) is 0 Å². The molecule has 1 aromatic carbocycles. The van der Waals surface area contributed by atoms with Gasteiger partial charge in [0.25, 0.3) is 0 Å². The molecule has 1 aromatic heterocycles.